The van der Waals surface area contributed by atoms with Crippen LogP contribution in [0.4, 0.5) is 11.4 Å². The molecular weight excluding hydrogens is 471 g/mol. The number of carbonyl (C=O) groups is 1. The van der Waals surface area contributed by atoms with Crippen LogP contribution in [-0.4, -0.2) is 31.1 Å². The second-order valence-corrected chi connectivity index (χ2v) is 11.5. The Kier molecular flexibility index (Phi) is 7.86. The van der Waals surface area contributed by atoms with Crippen molar-refractivity contribution in [3.05, 3.63) is 71.1 Å². The molecule has 2 heterocycles. The predicted molar refractivity (Wildman–Crippen MR) is 136 cm³/mol. The van der Waals surface area contributed by atoms with Crippen LogP contribution >= 0.6 is 18.9 Å². The molecule has 2 atom stereocenters. The quantitative estimate of drug-likeness (QED) is 0.261. The number of nitrogens with two attached hydrogens (primary N) is 1. The summed E-state index contributed by atoms with van der Waals surface area (Å²) < 4.78 is 23.2. The van der Waals surface area contributed by atoms with E-state index in [4.69, 9.17) is 15.0 Å². The topological polar surface area (TPSA) is 111 Å². The van der Waals surface area contributed by atoms with Crippen molar-refractivity contribution in [1.82, 2.24) is 0 Å². The molecule has 0 radical (unpaired) electrons. The van der Waals surface area contributed by atoms with Crippen LogP contribution in [0.3, 0.4) is 0 Å². The molecule has 1 aromatic heterocycles. The molecule has 0 saturated carbocycles. The number of ether oxygens (including phenoxy) is 1. The molecule has 1 aliphatic heterocycles. The first-order chi connectivity index (χ1) is 16.4. The van der Waals surface area contributed by atoms with Gasteiger partial charge in [0.2, 0.25) is 0 Å². The number of benzene rings is 2. The Balaban J connectivity index is 1.51. The molecule has 4 rings (SSSR count). The van der Waals surface area contributed by atoms with Crippen molar-refractivity contribution in [2.45, 2.75) is 24.9 Å². The summed E-state index contributed by atoms with van der Waals surface area (Å²) in [7, 11) is -2.60. The van der Waals surface area contributed by atoms with Crippen LogP contribution in [0.2, 0.25) is 0 Å². The van der Waals surface area contributed by atoms with Gasteiger partial charge in [-0.3, -0.25) is 9.36 Å². The predicted octanol–water partition coefficient (Wildman–Crippen LogP) is 5.94. The van der Waals surface area contributed by atoms with Crippen molar-refractivity contribution in [2.75, 3.05) is 31.4 Å². The number of nitrogens with one attached hydrogen (secondary N) is 1. The van der Waals surface area contributed by atoms with Gasteiger partial charge in [0.15, 0.2) is 0 Å². The highest BCUT2D eigenvalue weighted by Crippen LogP contribution is 2.59. The average Bonchev–Trinajstić information content (AvgIpc) is 3.40. The summed E-state index contributed by atoms with van der Waals surface area (Å²) in [5, 5.41) is 4.88. The Morgan fingerprint density at radius 2 is 1.97 bits per heavy atom. The van der Waals surface area contributed by atoms with E-state index in [2.05, 4.69) is 5.32 Å². The molecule has 4 N–H and O–H groups in total. The van der Waals surface area contributed by atoms with E-state index in [1.807, 2.05) is 29.6 Å². The number of rotatable bonds is 8. The van der Waals surface area contributed by atoms with E-state index in [9.17, 15) is 14.3 Å². The summed E-state index contributed by atoms with van der Waals surface area (Å²) >= 11 is 1.61. The van der Waals surface area contributed by atoms with Gasteiger partial charge in [0.1, 0.15) is 0 Å². The number of hydrogen-bond acceptors (Lipinski definition) is 6. The van der Waals surface area contributed by atoms with Gasteiger partial charge < -0.3 is 25.2 Å². The zero-order chi connectivity index (χ0) is 24.1. The largest absolute Gasteiger partial charge is 0.397 e. The number of nitrogen functional groups attached to an aromatic ring is 1. The maximum absolute atomic E-state index is 12.9. The summed E-state index contributed by atoms with van der Waals surface area (Å²) in [6.45, 7) is 1.33. The first kappa shape index (κ1) is 24.6. The van der Waals surface area contributed by atoms with Crippen LogP contribution in [0, 0.1) is 5.92 Å². The minimum atomic E-state index is -3.86. The first-order valence-electron chi connectivity index (χ1n) is 11.2. The zero-order valence-electron chi connectivity index (χ0n) is 19.0. The van der Waals surface area contributed by atoms with Gasteiger partial charge in [-0.2, -0.15) is 0 Å². The van der Waals surface area contributed by atoms with Crippen molar-refractivity contribution < 1.29 is 23.5 Å². The van der Waals surface area contributed by atoms with E-state index < -0.39 is 13.3 Å². The van der Waals surface area contributed by atoms with Gasteiger partial charge in [-0.05, 0) is 72.0 Å². The van der Waals surface area contributed by atoms with E-state index >= 15 is 0 Å². The Hall–Kier alpha value is -2.48. The van der Waals surface area contributed by atoms with Crippen molar-refractivity contribution in [2.24, 2.45) is 5.92 Å². The summed E-state index contributed by atoms with van der Waals surface area (Å²) in [6, 6.07) is 16.3. The third-order valence-electron chi connectivity index (χ3n) is 6.22. The number of thiophene rings is 1. The molecule has 1 aliphatic rings. The van der Waals surface area contributed by atoms with Crippen LogP contribution in [0.25, 0.3) is 10.4 Å². The monoisotopic (exact) mass is 500 g/mol. The number of carbonyl (C=O) groups excluding carboxylic acids is 1. The van der Waals surface area contributed by atoms with Crippen LogP contribution in [0.1, 0.15) is 40.8 Å². The van der Waals surface area contributed by atoms with Gasteiger partial charge in [0, 0.05) is 30.8 Å². The Labute approximate surface area is 203 Å². The van der Waals surface area contributed by atoms with E-state index in [-0.39, 0.29) is 11.8 Å². The Morgan fingerprint density at radius 1 is 1.24 bits per heavy atom. The molecule has 1 fully saturated rings. The van der Waals surface area contributed by atoms with Gasteiger partial charge in [-0.25, -0.2) is 0 Å². The summed E-state index contributed by atoms with van der Waals surface area (Å²) in [4.78, 5) is 24.5. The first-order valence-corrected chi connectivity index (χ1v) is 13.7. The lowest BCUT2D eigenvalue weighted by atomic mass is 9.92. The third kappa shape index (κ3) is 5.77. The van der Waals surface area contributed by atoms with Crippen LogP contribution < -0.4 is 11.1 Å². The van der Waals surface area contributed by atoms with Crippen molar-refractivity contribution in [1.29, 1.82) is 0 Å². The number of amides is 1. The molecule has 9 heteroatoms. The second-order valence-electron chi connectivity index (χ2n) is 8.41. The second kappa shape index (κ2) is 10.8. The minimum absolute atomic E-state index is 0.288. The minimum Gasteiger partial charge on any atom is -0.397 e. The van der Waals surface area contributed by atoms with E-state index in [1.54, 1.807) is 41.7 Å². The zero-order valence-corrected chi connectivity index (χ0v) is 20.7. The number of anilines is 2. The van der Waals surface area contributed by atoms with Crippen molar-refractivity contribution in [3.8, 4) is 10.4 Å². The fourth-order valence-corrected chi connectivity index (χ4v) is 6.29. The van der Waals surface area contributed by atoms with Gasteiger partial charge >= 0.3 is 7.60 Å². The fourth-order valence-electron chi connectivity index (χ4n) is 4.19. The smallest absolute Gasteiger partial charge is 0.335 e. The molecule has 3 aromatic rings. The molecule has 180 valence electrons. The standard InChI is InChI=1S/C25H29N2O5PS/c1-31-33(29,30)23(15-17-10-12-32-13-11-17)18-4-6-19(7-5-18)25(28)27-22-16-20(8-9-21(22)26)24-3-2-14-34-24/h2-9,14,16-17,23H,10-13,15,26H2,1H3,(H,27,28)(H,29,30). The summed E-state index contributed by atoms with van der Waals surface area (Å²) in [5.41, 5.74) is 8.53. The third-order valence-corrected chi connectivity index (χ3v) is 8.96. The van der Waals surface area contributed by atoms with Crippen molar-refractivity contribution in [3.63, 3.8) is 0 Å². The van der Waals surface area contributed by atoms with Gasteiger partial charge in [0.25, 0.3) is 5.91 Å². The molecule has 34 heavy (non-hydrogen) atoms. The Bertz CT molecular complexity index is 1160. The molecule has 2 unspecified atom stereocenters. The number of hydrogen-bond donors (Lipinski definition) is 3. The SMILES string of the molecule is COP(=O)(O)C(CC1CCOCC1)c1ccc(C(=O)Nc2cc(-c3cccs3)ccc2N)cc1. The molecule has 2 aromatic carbocycles. The molecule has 1 saturated heterocycles. The lowest BCUT2D eigenvalue weighted by molar-refractivity contribution is 0.0628. The van der Waals surface area contributed by atoms with Gasteiger partial charge in [0.05, 0.1) is 17.0 Å². The fraction of sp³-hybridized carbons (Fsp3) is 0.320. The lowest BCUT2D eigenvalue weighted by Crippen LogP contribution is -2.18. The Morgan fingerprint density at radius 3 is 2.62 bits per heavy atom. The summed E-state index contributed by atoms with van der Waals surface area (Å²) in [6.07, 6.45) is 2.24. The maximum atomic E-state index is 12.9. The average molecular weight is 501 g/mol. The van der Waals surface area contributed by atoms with Gasteiger partial charge in [-0.1, -0.05) is 24.3 Å². The molecule has 7 nitrogen and oxygen atoms in total. The van der Waals surface area contributed by atoms with E-state index in [1.165, 1.54) is 7.11 Å². The van der Waals surface area contributed by atoms with Crippen molar-refractivity contribution >= 4 is 36.2 Å². The van der Waals surface area contributed by atoms with E-state index in [0.29, 0.717) is 42.1 Å². The normalized spacial score (nSPS) is 17.1. The van der Waals surface area contributed by atoms with Crippen LogP contribution in [0.5, 0.6) is 0 Å². The molecule has 1 amide bonds. The maximum Gasteiger partial charge on any atom is 0.335 e. The molecule has 0 aliphatic carbocycles. The van der Waals surface area contributed by atoms with Crippen LogP contribution in [-0.2, 0) is 13.8 Å². The highest BCUT2D eigenvalue weighted by Gasteiger charge is 2.35. The highest BCUT2D eigenvalue weighted by atomic mass is 32.1. The summed E-state index contributed by atoms with van der Waals surface area (Å²) in [5.74, 6) is -0.0163. The van der Waals surface area contributed by atoms with E-state index in [0.717, 1.165) is 23.3 Å². The lowest BCUT2D eigenvalue weighted by Gasteiger charge is -2.28. The van der Waals surface area contributed by atoms with Crippen LogP contribution in [0.15, 0.2) is 60.0 Å². The molecule has 0 bridgehead atoms. The molecular formula is C25H29N2O5PS. The molecule has 0 spiro atoms. The highest BCUT2D eigenvalue weighted by molar-refractivity contribution is 7.53. The van der Waals surface area contributed by atoms with Gasteiger partial charge in [-0.15, -0.1) is 11.3 Å².